The third-order valence-corrected chi connectivity index (χ3v) is 15.5. The van der Waals surface area contributed by atoms with Gasteiger partial charge in [0.1, 0.15) is 0 Å². The zero-order valence-corrected chi connectivity index (χ0v) is 27.4. The Morgan fingerprint density at radius 2 is 1.84 bits per heavy atom. The highest BCUT2D eigenvalue weighted by molar-refractivity contribution is 5.76. The molecule has 8 fully saturated rings. The lowest BCUT2D eigenvalue weighted by atomic mass is 9.43. The summed E-state index contributed by atoms with van der Waals surface area (Å²) in [7, 11) is 0. The van der Waals surface area contributed by atoms with Crippen LogP contribution in [0.4, 0.5) is 0 Å². The predicted molar refractivity (Wildman–Crippen MR) is 164 cm³/mol. The number of carbonyl (C=O) groups is 1. The van der Waals surface area contributed by atoms with E-state index in [2.05, 4.69) is 33.8 Å². The van der Waals surface area contributed by atoms with Crippen molar-refractivity contribution in [2.45, 2.75) is 141 Å². The van der Waals surface area contributed by atoms with E-state index in [4.69, 9.17) is 19.9 Å². The fourth-order valence-corrected chi connectivity index (χ4v) is 13.3. The number of carbonyl (C=O) groups excluding carboxylic acids is 1. The van der Waals surface area contributed by atoms with E-state index in [-0.39, 0.29) is 64.0 Å². The van der Waals surface area contributed by atoms with Crippen LogP contribution in [0.25, 0.3) is 0 Å². The summed E-state index contributed by atoms with van der Waals surface area (Å²) in [5.74, 6) is 2.30. The van der Waals surface area contributed by atoms with Crippen LogP contribution >= 0.6 is 0 Å². The van der Waals surface area contributed by atoms with E-state index < -0.39 is 11.6 Å². The number of ether oxygens (including phenoxy) is 3. The van der Waals surface area contributed by atoms with Gasteiger partial charge in [0.05, 0.1) is 55.6 Å². The number of hydrogen-bond donors (Lipinski definition) is 2. The van der Waals surface area contributed by atoms with Crippen LogP contribution in [-0.2, 0) is 19.0 Å². The van der Waals surface area contributed by atoms with Crippen LogP contribution in [0.3, 0.4) is 0 Å². The number of fused-ring (bicyclic) bond motifs is 4. The molecule has 1 amide bonds. The molecule has 8 rings (SSSR count). The van der Waals surface area contributed by atoms with Crippen molar-refractivity contribution in [1.82, 2.24) is 4.90 Å². The number of nitrogens with two attached hydrogens (primary N) is 1. The third kappa shape index (κ3) is 3.89. The maximum Gasteiger partial charge on any atom is 0.223 e. The van der Waals surface area contributed by atoms with Crippen molar-refractivity contribution >= 4 is 5.91 Å². The minimum Gasteiger partial charge on any atom is -0.388 e. The van der Waals surface area contributed by atoms with Crippen molar-refractivity contribution < 1.29 is 24.1 Å². The first-order valence-corrected chi connectivity index (χ1v) is 18.0. The molecule has 0 radical (unpaired) electrons. The largest absolute Gasteiger partial charge is 0.388 e. The average molecular weight is 610 g/mol. The fourth-order valence-electron chi connectivity index (χ4n) is 13.3. The van der Waals surface area contributed by atoms with Crippen LogP contribution in [-0.4, -0.2) is 71.9 Å². The number of hydrogen-bond acceptors (Lipinski definition) is 7. The molecule has 0 aromatic carbocycles. The molecule has 3 N–H and O–H groups in total. The van der Waals surface area contributed by atoms with Gasteiger partial charge in [-0.15, -0.1) is 0 Å². The van der Waals surface area contributed by atoms with Gasteiger partial charge in [-0.1, -0.05) is 27.7 Å². The van der Waals surface area contributed by atoms with E-state index in [0.29, 0.717) is 50.3 Å². The van der Waals surface area contributed by atoms with Crippen LogP contribution in [0.1, 0.15) is 105 Å². The molecule has 2 spiro atoms. The minimum absolute atomic E-state index is 0.0106. The second kappa shape index (κ2) is 9.89. The van der Waals surface area contributed by atoms with Crippen molar-refractivity contribution in [3.8, 4) is 6.07 Å². The highest BCUT2D eigenvalue weighted by Crippen LogP contribution is 2.87. The summed E-state index contributed by atoms with van der Waals surface area (Å²) >= 11 is 0. The number of morpholine rings is 1. The van der Waals surface area contributed by atoms with Crippen LogP contribution < -0.4 is 5.73 Å². The smallest absolute Gasteiger partial charge is 0.223 e. The summed E-state index contributed by atoms with van der Waals surface area (Å²) < 4.78 is 19.5. The van der Waals surface area contributed by atoms with Crippen molar-refractivity contribution in [1.29, 1.82) is 5.26 Å². The second-order valence-electron chi connectivity index (χ2n) is 17.6. The number of aliphatic hydroxyl groups excluding tert-OH is 1. The van der Waals surface area contributed by atoms with Gasteiger partial charge in [0, 0.05) is 13.0 Å². The SMILES string of the molecule is CC1CC(CC#N)OC2C1C1(C)CCC34CC35CCC(OC3CN(C(=O)CC6CC6)CCO3)C(C)(C)C5CCC4C1(N)C2O. The lowest BCUT2D eigenvalue weighted by Crippen LogP contribution is -2.70. The Hall–Kier alpha value is -1.24. The molecule has 13 atom stereocenters. The standard InChI is InChI=1S/C36H55N3O5/c1-21-17-23(10-14-37)43-30-29(21)33(4)12-13-35-20-34(35)11-9-26(32(2,3)24(34)7-8-25(35)36(33,38)31(30)41)44-28-19-39(15-16-42-28)27(40)18-22-5-6-22/h21-26,28-31,41H,5-13,15-20,38H2,1-4H3. The first-order chi connectivity index (χ1) is 20.9. The van der Waals surface area contributed by atoms with E-state index in [1.165, 1.54) is 25.7 Å². The molecule has 0 bridgehead atoms. The Kier molecular flexibility index (Phi) is 6.77. The Labute approximate surface area is 263 Å². The van der Waals surface area contributed by atoms with Gasteiger partial charge in [-0.05, 0) is 115 Å². The molecule has 13 unspecified atom stereocenters. The Morgan fingerprint density at radius 3 is 2.59 bits per heavy atom. The zero-order valence-electron chi connectivity index (χ0n) is 27.4. The molecule has 2 aliphatic heterocycles. The van der Waals surface area contributed by atoms with Crippen LogP contribution in [0.5, 0.6) is 0 Å². The summed E-state index contributed by atoms with van der Waals surface area (Å²) in [6.45, 7) is 11.3. The van der Waals surface area contributed by atoms with Gasteiger partial charge in [-0.3, -0.25) is 4.79 Å². The summed E-state index contributed by atoms with van der Waals surface area (Å²) in [6, 6.07) is 2.30. The lowest BCUT2D eigenvalue weighted by Gasteiger charge is -2.63. The fraction of sp³-hybridized carbons (Fsp3) is 0.944. The van der Waals surface area contributed by atoms with Gasteiger partial charge < -0.3 is 30.0 Å². The molecule has 0 aromatic heterocycles. The highest BCUT2D eigenvalue weighted by Gasteiger charge is 2.85. The molecule has 8 heteroatoms. The molecule has 2 heterocycles. The van der Waals surface area contributed by atoms with Crippen LogP contribution in [0.15, 0.2) is 0 Å². The van der Waals surface area contributed by atoms with E-state index >= 15 is 0 Å². The molecule has 2 saturated heterocycles. The van der Waals surface area contributed by atoms with Gasteiger partial charge in [-0.25, -0.2) is 0 Å². The minimum atomic E-state index is -0.695. The quantitative estimate of drug-likeness (QED) is 0.461. The Morgan fingerprint density at radius 1 is 1.09 bits per heavy atom. The summed E-state index contributed by atoms with van der Waals surface area (Å²) in [5.41, 5.74) is 7.28. The molecule has 44 heavy (non-hydrogen) atoms. The Bertz CT molecular complexity index is 1230. The first-order valence-electron chi connectivity index (χ1n) is 18.0. The number of amides is 1. The first kappa shape index (κ1) is 30.1. The van der Waals surface area contributed by atoms with Crippen LogP contribution in [0, 0.1) is 62.6 Å². The van der Waals surface area contributed by atoms with E-state index in [1.54, 1.807) is 0 Å². The predicted octanol–water partition coefficient (Wildman–Crippen LogP) is 4.77. The number of aliphatic hydroxyl groups is 1. The normalized spacial score (nSPS) is 53.8. The van der Waals surface area contributed by atoms with Crippen molar-refractivity contribution in [3.05, 3.63) is 0 Å². The maximum atomic E-state index is 12.8. The highest BCUT2D eigenvalue weighted by atomic mass is 16.7. The molecule has 8 aliphatic rings. The van der Waals surface area contributed by atoms with Crippen molar-refractivity contribution in [2.24, 2.45) is 57.0 Å². The summed E-state index contributed by atoms with van der Waals surface area (Å²) in [5, 5.41) is 21.5. The molecule has 0 aromatic rings. The molecule has 6 saturated carbocycles. The molecule has 244 valence electrons. The van der Waals surface area contributed by atoms with Gasteiger partial charge >= 0.3 is 0 Å². The second-order valence-corrected chi connectivity index (χ2v) is 17.6. The van der Waals surface area contributed by atoms with Gasteiger partial charge in [0.25, 0.3) is 0 Å². The van der Waals surface area contributed by atoms with Gasteiger partial charge in [0.15, 0.2) is 6.29 Å². The zero-order chi connectivity index (χ0) is 30.9. The van der Waals surface area contributed by atoms with Crippen molar-refractivity contribution in [2.75, 3.05) is 19.7 Å². The van der Waals surface area contributed by atoms with E-state index in [1.807, 2.05) is 4.90 Å². The summed E-state index contributed by atoms with van der Waals surface area (Å²) in [4.78, 5) is 14.8. The summed E-state index contributed by atoms with van der Waals surface area (Å²) in [6.07, 6.45) is 10.8. The van der Waals surface area contributed by atoms with Crippen molar-refractivity contribution in [3.63, 3.8) is 0 Å². The molecular weight excluding hydrogens is 554 g/mol. The molecular formula is C36H55N3O5. The van der Waals surface area contributed by atoms with E-state index in [9.17, 15) is 15.2 Å². The number of rotatable bonds is 5. The topological polar surface area (TPSA) is 118 Å². The van der Waals surface area contributed by atoms with Crippen LogP contribution in [0.2, 0.25) is 0 Å². The lowest BCUT2D eigenvalue weighted by molar-refractivity contribution is -0.245. The Balaban J connectivity index is 1.01. The average Bonchev–Trinajstić information content (AvgIpc) is 3.90. The molecule has 8 nitrogen and oxygen atoms in total. The van der Waals surface area contributed by atoms with Gasteiger partial charge in [-0.2, -0.15) is 5.26 Å². The number of nitriles is 1. The maximum absolute atomic E-state index is 12.8. The number of nitrogens with zero attached hydrogens (tertiary/aromatic N) is 2. The molecule has 6 aliphatic carbocycles. The third-order valence-electron chi connectivity index (χ3n) is 15.5. The monoisotopic (exact) mass is 609 g/mol. The van der Waals surface area contributed by atoms with E-state index in [0.717, 1.165) is 38.5 Å². The van der Waals surface area contributed by atoms with Gasteiger partial charge in [0.2, 0.25) is 5.91 Å².